The summed E-state index contributed by atoms with van der Waals surface area (Å²) in [5.74, 6) is 1.82. The topological polar surface area (TPSA) is 61.5 Å². The van der Waals surface area contributed by atoms with Crippen LogP contribution in [0.5, 0.6) is 0 Å². The molecular formula is C23H25N7+2. The zero-order chi connectivity index (χ0) is 20.9. The van der Waals surface area contributed by atoms with Gasteiger partial charge in [0.15, 0.2) is 0 Å². The number of pyridine rings is 1. The number of rotatable bonds is 6. The fraction of sp³-hybridized carbons (Fsp3) is 0.130. The van der Waals surface area contributed by atoms with E-state index in [1.807, 2.05) is 108 Å². The van der Waals surface area contributed by atoms with Crippen molar-refractivity contribution in [2.45, 2.75) is 0 Å². The Bertz CT molecular complexity index is 1140. The molecule has 0 aliphatic heterocycles. The third-order valence-electron chi connectivity index (χ3n) is 4.77. The molecule has 7 nitrogen and oxygen atoms in total. The van der Waals surface area contributed by atoms with E-state index in [9.17, 15) is 0 Å². The molecule has 30 heavy (non-hydrogen) atoms. The number of hydrogen-bond donors (Lipinski definition) is 2. The molecule has 0 unspecified atom stereocenters. The first-order valence-corrected chi connectivity index (χ1v) is 9.70. The van der Waals surface area contributed by atoms with Gasteiger partial charge in [-0.25, -0.2) is 19.0 Å². The van der Waals surface area contributed by atoms with Gasteiger partial charge in [-0.1, -0.05) is 11.2 Å². The number of hydrogen-bond acceptors (Lipinski definition) is 4. The van der Waals surface area contributed by atoms with E-state index in [1.54, 1.807) is 0 Å². The summed E-state index contributed by atoms with van der Waals surface area (Å²) in [6.07, 6.45) is 5.91. The van der Waals surface area contributed by atoms with Crippen LogP contribution < -0.4 is 19.8 Å². The first-order chi connectivity index (χ1) is 14.6. The van der Waals surface area contributed by atoms with Crippen molar-refractivity contribution < 1.29 is 9.13 Å². The quantitative estimate of drug-likeness (QED) is 0.368. The first kappa shape index (κ1) is 19.3. The number of anilines is 4. The van der Waals surface area contributed by atoms with Crippen molar-refractivity contribution in [1.82, 2.24) is 4.57 Å². The summed E-state index contributed by atoms with van der Waals surface area (Å²) in [6, 6.07) is 22.2. The number of aromatic nitrogens is 3. The Kier molecular flexibility index (Phi) is 5.52. The Morgan fingerprint density at radius 3 is 1.93 bits per heavy atom. The van der Waals surface area contributed by atoms with Crippen molar-refractivity contribution >= 4 is 34.5 Å². The van der Waals surface area contributed by atoms with Crippen molar-refractivity contribution in [3.8, 4) is 0 Å². The molecule has 0 aliphatic rings. The van der Waals surface area contributed by atoms with Crippen LogP contribution in [0.1, 0.15) is 0 Å². The molecule has 0 radical (unpaired) electrons. The molecule has 150 valence electrons. The fourth-order valence-electron chi connectivity index (χ4n) is 3.04. The summed E-state index contributed by atoms with van der Waals surface area (Å²) in [6.45, 7) is 0. The maximum absolute atomic E-state index is 4.32. The lowest BCUT2D eigenvalue weighted by Gasteiger charge is -2.07. The van der Waals surface area contributed by atoms with Gasteiger partial charge in [0.2, 0.25) is 0 Å². The highest BCUT2D eigenvalue weighted by Crippen LogP contribution is 2.23. The smallest absolute Gasteiger partial charge is 0.356 e. The highest BCUT2D eigenvalue weighted by molar-refractivity contribution is 5.65. The van der Waals surface area contributed by atoms with E-state index in [1.165, 1.54) is 0 Å². The Labute approximate surface area is 176 Å². The van der Waals surface area contributed by atoms with E-state index in [0.717, 1.165) is 34.5 Å². The number of azo groups is 1. The summed E-state index contributed by atoms with van der Waals surface area (Å²) < 4.78 is 5.90. The summed E-state index contributed by atoms with van der Waals surface area (Å²) >= 11 is 0. The van der Waals surface area contributed by atoms with Gasteiger partial charge in [0, 0.05) is 22.6 Å². The van der Waals surface area contributed by atoms with Crippen LogP contribution in [-0.4, -0.2) is 4.57 Å². The van der Waals surface area contributed by atoms with Gasteiger partial charge in [0.05, 0.1) is 39.7 Å². The summed E-state index contributed by atoms with van der Waals surface area (Å²) in [7, 11) is 5.91. The molecule has 0 fully saturated rings. The van der Waals surface area contributed by atoms with Crippen molar-refractivity contribution in [3.63, 3.8) is 0 Å². The van der Waals surface area contributed by atoms with E-state index in [-0.39, 0.29) is 0 Å². The Morgan fingerprint density at radius 1 is 0.700 bits per heavy atom. The van der Waals surface area contributed by atoms with Gasteiger partial charge in [-0.3, -0.25) is 0 Å². The molecule has 0 spiro atoms. The van der Waals surface area contributed by atoms with Gasteiger partial charge in [0.1, 0.15) is 11.4 Å². The Morgan fingerprint density at radius 2 is 1.33 bits per heavy atom. The van der Waals surface area contributed by atoms with E-state index < -0.39 is 0 Å². The van der Waals surface area contributed by atoms with E-state index in [2.05, 4.69) is 33.0 Å². The average Bonchev–Trinajstić information content (AvgIpc) is 3.08. The van der Waals surface area contributed by atoms with Crippen LogP contribution in [0.25, 0.3) is 0 Å². The van der Waals surface area contributed by atoms with Gasteiger partial charge in [-0.05, 0) is 54.6 Å². The highest BCUT2D eigenvalue weighted by Gasteiger charge is 2.10. The van der Waals surface area contributed by atoms with Gasteiger partial charge < -0.3 is 5.32 Å². The first-order valence-electron chi connectivity index (χ1n) is 9.70. The van der Waals surface area contributed by atoms with Gasteiger partial charge in [-0.15, -0.1) is 0 Å². The largest absolute Gasteiger partial charge is 0.421 e. The minimum Gasteiger partial charge on any atom is -0.356 e. The number of nitrogens with one attached hydrogen (secondary N) is 2. The lowest BCUT2D eigenvalue weighted by atomic mass is 10.2. The van der Waals surface area contributed by atoms with Crippen LogP contribution in [-0.2, 0) is 21.1 Å². The highest BCUT2D eigenvalue weighted by atomic mass is 15.3. The molecule has 0 saturated carbocycles. The molecule has 0 saturated heterocycles. The lowest BCUT2D eigenvalue weighted by molar-refractivity contribution is -0.657. The standard InChI is InChI=1S/C23H23N7/c1-28-15-5-4-6-22(28)25-20-9-7-18(8-10-20)24-19-11-13-21(14-12-19)26-27-23-29(2)16-17-30(23)3/h4-17H,1-3H3/p+2. The van der Waals surface area contributed by atoms with E-state index in [0.29, 0.717) is 0 Å². The predicted molar refractivity (Wildman–Crippen MR) is 118 cm³/mol. The number of imidazole rings is 1. The maximum Gasteiger partial charge on any atom is 0.421 e. The second kappa shape index (κ2) is 8.57. The summed E-state index contributed by atoms with van der Waals surface area (Å²) in [5.41, 5.74) is 3.85. The average molecular weight is 400 g/mol. The summed E-state index contributed by atoms with van der Waals surface area (Å²) in [5, 5.41) is 15.5. The molecule has 0 aliphatic carbocycles. The van der Waals surface area contributed by atoms with Crippen LogP contribution in [0.3, 0.4) is 0 Å². The van der Waals surface area contributed by atoms with Crippen LogP contribution in [0.4, 0.5) is 34.5 Å². The van der Waals surface area contributed by atoms with Crippen LogP contribution in [0.2, 0.25) is 0 Å². The minimum absolute atomic E-state index is 0.787. The van der Waals surface area contributed by atoms with Gasteiger partial charge in [0.25, 0.3) is 5.82 Å². The predicted octanol–water partition coefficient (Wildman–Crippen LogP) is 4.58. The molecule has 0 bridgehead atoms. The lowest BCUT2D eigenvalue weighted by Crippen LogP contribution is -2.30. The molecule has 4 rings (SSSR count). The number of nitrogens with zero attached hydrogens (tertiary/aromatic N) is 5. The Hall–Kier alpha value is -4.00. The van der Waals surface area contributed by atoms with Gasteiger partial charge >= 0.3 is 5.95 Å². The maximum atomic E-state index is 4.32. The molecule has 2 aromatic heterocycles. The van der Waals surface area contributed by atoms with Crippen molar-refractivity contribution in [1.29, 1.82) is 0 Å². The van der Waals surface area contributed by atoms with Gasteiger partial charge in [-0.2, -0.15) is 0 Å². The fourth-order valence-corrected chi connectivity index (χ4v) is 3.04. The molecule has 2 heterocycles. The minimum atomic E-state index is 0.787. The molecule has 2 N–H and O–H groups in total. The molecular weight excluding hydrogens is 374 g/mol. The van der Waals surface area contributed by atoms with Crippen molar-refractivity contribution in [2.24, 2.45) is 31.4 Å². The third kappa shape index (κ3) is 4.52. The van der Waals surface area contributed by atoms with E-state index in [4.69, 9.17) is 0 Å². The van der Waals surface area contributed by atoms with Crippen LogP contribution in [0.15, 0.2) is 95.5 Å². The zero-order valence-corrected chi connectivity index (χ0v) is 17.3. The van der Waals surface area contributed by atoms with Crippen molar-refractivity contribution in [2.75, 3.05) is 10.6 Å². The SMILES string of the molecule is Cn1cc[n+](C)c1N=Nc1ccc(Nc2ccc(Nc3cccc[n+]3C)cc2)cc1. The third-order valence-corrected chi connectivity index (χ3v) is 4.77. The van der Waals surface area contributed by atoms with Crippen molar-refractivity contribution in [3.05, 3.63) is 85.3 Å². The second-order valence-corrected chi connectivity index (χ2v) is 7.09. The summed E-state index contributed by atoms with van der Waals surface area (Å²) in [4.78, 5) is 0. The Balaban J connectivity index is 1.39. The normalized spacial score (nSPS) is 11.0. The number of benzene rings is 2. The van der Waals surface area contributed by atoms with Crippen LogP contribution >= 0.6 is 0 Å². The zero-order valence-electron chi connectivity index (χ0n) is 17.3. The van der Waals surface area contributed by atoms with E-state index >= 15 is 0 Å². The molecule has 2 aromatic carbocycles. The second-order valence-electron chi connectivity index (χ2n) is 7.09. The van der Waals surface area contributed by atoms with Crippen LogP contribution in [0, 0.1) is 0 Å². The molecule has 7 heteroatoms. The number of aryl methyl sites for hydroxylation is 3. The monoisotopic (exact) mass is 399 g/mol. The molecule has 0 amide bonds. The molecule has 0 atom stereocenters. The molecule has 4 aromatic rings.